The van der Waals surface area contributed by atoms with E-state index in [1.165, 1.54) is 16.7 Å². The zero-order chi connectivity index (χ0) is 24.9. The lowest BCUT2D eigenvalue weighted by molar-refractivity contribution is 0.0502. The molecule has 1 fully saturated rings. The van der Waals surface area contributed by atoms with Gasteiger partial charge in [0.05, 0.1) is 34.0 Å². The van der Waals surface area contributed by atoms with Crippen LogP contribution < -0.4 is 15.6 Å². The van der Waals surface area contributed by atoms with Crippen molar-refractivity contribution in [2.75, 3.05) is 24.6 Å². The second-order valence-electron chi connectivity index (χ2n) is 9.31. The molecule has 1 aromatic carbocycles. The number of anilines is 1. The number of esters is 1. The summed E-state index contributed by atoms with van der Waals surface area (Å²) in [5.74, 6) is -2.58. The zero-order valence-corrected chi connectivity index (χ0v) is 20.5. The molecule has 0 saturated carbocycles. The van der Waals surface area contributed by atoms with Gasteiger partial charge in [0.15, 0.2) is 5.82 Å². The number of rotatable bonds is 4. The number of ether oxygens (including phenoxy) is 2. The molecule has 1 aromatic heterocycles. The van der Waals surface area contributed by atoms with Crippen molar-refractivity contribution in [1.82, 2.24) is 9.88 Å². The Morgan fingerprint density at radius 1 is 1.29 bits per heavy atom. The number of hydrogen-bond donors (Lipinski definition) is 1. The summed E-state index contributed by atoms with van der Waals surface area (Å²) in [5, 5.41) is 2.59. The highest BCUT2D eigenvalue weighted by atomic mass is 32.2. The number of benzene rings is 1. The second-order valence-corrected chi connectivity index (χ2v) is 10.6. The third-order valence-corrected chi connectivity index (χ3v) is 6.84. The van der Waals surface area contributed by atoms with Crippen molar-refractivity contribution in [2.45, 2.75) is 63.1 Å². The van der Waals surface area contributed by atoms with Gasteiger partial charge < -0.3 is 24.3 Å². The molecule has 2 aliphatic heterocycles. The Morgan fingerprint density at radius 3 is 2.62 bits per heavy atom. The zero-order valence-electron chi connectivity index (χ0n) is 19.7. The van der Waals surface area contributed by atoms with Gasteiger partial charge in [0, 0.05) is 13.1 Å². The van der Waals surface area contributed by atoms with E-state index in [1.807, 2.05) is 0 Å². The van der Waals surface area contributed by atoms with E-state index in [0.717, 1.165) is 6.07 Å². The molecule has 1 unspecified atom stereocenters. The maximum atomic E-state index is 15.8. The van der Waals surface area contributed by atoms with Crippen molar-refractivity contribution in [2.24, 2.45) is 0 Å². The van der Waals surface area contributed by atoms with Crippen LogP contribution in [0.1, 0.15) is 56.8 Å². The minimum atomic E-state index is -0.907. The first-order chi connectivity index (χ1) is 15.9. The summed E-state index contributed by atoms with van der Waals surface area (Å²) < 4.78 is 42.8. The van der Waals surface area contributed by atoms with E-state index in [2.05, 4.69) is 5.32 Å². The SMILES string of the molecule is CCOC(=O)c1c2n(c3c(F)c(N4CC[C@H](NC(=O)OC(C)(C)C)C4)c(F)cc3c1=O)C(C)S2. The molecule has 2 aromatic rings. The number of aromatic nitrogens is 1. The number of pyridine rings is 1. The van der Waals surface area contributed by atoms with Crippen molar-refractivity contribution in [3.63, 3.8) is 0 Å². The van der Waals surface area contributed by atoms with Gasteiger partial charge >= 0.3 is 12.1 Å². The number of halogens is 2. The molecule has 8 nitrogen and oxygen atoms in total. The van der Waals surface area contributed by atoms with E-state index in [4.69, 9.17) is 9.47 Å². The average Bonchev–Trinajstić information content (AvgIpc) is 3.15. The summed E-state index contributed by atoms with van der Waals surface area (Å²) >= 11 is 1.25. The lowest BCUT2D eigenvalue weighted by atomic mass is 10.1. The number of amides is 1. The monoisotopic (exact) mass is 495 g/mol. The maximum Gasteiger partial charge on any atom is 0.407 e. The number of carbonyl (C=O) groups excluding carboxylic acids is 2. The van der Waals surface area contributed by atoms with Crippen LogP contribution in [0.4, 0.5) is 19.3 Å². The largest absolute Gasteiger partial charge is 0.462 e. The minimum absolute atomic E-state index is 0.0424. The van der Waals surface area contributed by atoms with Gasteiger partial charge in [-0.25, -0.2) is 18.4 Å². The number of thioether (sulfide) groups is 1. The number of carbonyl (C=O) groups is 2. The van der Waals surface area contributed by atoms with Crippen LogP contribution in [0.2, 0.25) is 0 Å². The van der Waals surface area contributed by atoms with Crippen LogP contribution >= 0.6 is 11.8 Å². The lowest BCUT2D eigenvalue weighted by Crippen LogP contribution is -2.40. The molecule has 3 heterocycles. The Kier molecular flexibility index (Phi) is 6.26. The van der Waals surface area contributed by atoms with E-state index in [9.17, 15) is 14.4 Å². The van der Waals surface area contributed by atoms with Crippen molar-refractivity contribution in [3.8, 4) is 0 Å². The average molecular weight is 496 g/mol. The van der Waals surface area contributed by atoms with Crippen LogP contribution in [0.3, 0.4) is 0 Å². The van der Waals surface area contributed by atoms with Crippen molar-refractivity contribution in [3.05, 3.63) is 33.5 Å². The van der Waals surface area contributed by atoms with Gasteiger partial charge in [-0.15, -0.1) is 0 Å². The fraction of sp³-hybridized carbons (Fsp3) is 0.522. The predicted octanol–water partition coefficient (Wildman–Crippen LogP) is 4.18. The van der Waals surface area contributed by atoms with Crippen LogP contribution in [0.25, 0.3) is 10.9 Å². The van der Waals surface area contributed by atoms with Crippen LogP contribution in [0, 0.1) is 11.6 Å². The smallest absolute Gasteiger partial charge is 0.407 e. The molecule has 0 bridgehead atoms. The van der Waals surface area contributed by atoms with Gasteiger partial charge in [0.1, 0.15) is 22.7 Å². The molecule has 2 atom stereocenters. The van der Waals surface area contributed by atoms with E-state index in [-0.39, 0.29) is 46.7 Å². The van der Waals surface area contributed by atoms with Crippen molar-refractivity contribution in [1.29, 1.82) is 0 Å². The summed E-state index contributed by atoms with van der Waals surface area (Å²) in [6.07, 6.45) is -0.119. The molecular formula is C23H27F2N3O5S. The Labute approximate surface area is 199 Å². The normalized spacial score (nSPS) is 19.6. The molecule has 184 valence electrons. The van der Waals surface area contributed by atoms with Crippen molar-refractivity contribution < 1.29 is 27.8 Å². The van der Waals surface area contributed by atoms with Gasteiger partial charge in [-0.2, -0.15) is 0 Å². The number of alkyl carbamates (subject to hydrolysis) is 1. The summed E-state index contributed by atoms with van der Waals surface area (Å²) in [5.41, 5.74) is -1.92. The van der Waals surface area contributed by atoms with E-state index < -0.39 is 34.7 Å². The molecular weight excluding hydrogens is 468 g/mol. The Bertz CT molecular complexity index is 1240. The van der Waals surface area contributed by atoms with Gasteiger partial charge in [-0.1, -0.05) is 11.8 Å². The first-order valence-electron chi connectivity index (χ1n) is 11.1. The Balaban J connectivity index is 1.71. The standard InChI is InChI=1S/C23H27F2N3O5S/c1-6-32-21(30)15-19(29)13-9-14(24)18(16(25)17(13)28-11(2)34-20(15)28)27-8-7-12(10-27)26-22(31)33-23(3,4)5/h9,11-12H,6-8,10H2,1-5H3,(H,26,31)/t11?,12-/m0/s1. The maximum absolute atomic E-state index is 15.8. The van der Waals surface area contributed by atoms with Gasteiger partial charge in [-0.3, -0.25) is 4.79 Å². The molecule has 4 rings (SSSR count). The highest BCUT2D eigenvalue weighted by Gasteiger charge is 2.37. The molecule has 34 heavy (non-hydrogen) atoms. The van der Waals surface area contributed by atoms with Gasteiger partial charge in [0.25, 0.3) is 0 Å². The highest BCUT2D eigenvalue weighted by Crippen LogP contribution is 2.47. The Hall–Kier alpha value is -2.82. The summed E-state index contributed by atoms with van der Waals surface area (Å²) in [4.78, 5) is 39.0. The highest BCUT2D eigenvalue weighted by molar-refractivity contribution is 8.00. The van der Waals surface area contributed by atoms with Crippen molar-refractivity contribution >= 4 is 40.4 Å². The molecule has 0 radical (unpaired) electrons. The third kappa shape index (κ3) is 4.21. The molecule has 1 N–H and O–H groups in total. The third-order valence-electron chi connectivity index (χ3n) is 5.66. The van der Waals surface area contributed by atoms with Crippen LogP contribution in [0.5, 0.6) is 0 Å². The van der Waals surface area contributed by atoms with E-state index in [0.29, 0.717) is 18.0 Å². The first kappa shape index (κ1) is 24.3. The molecule has 0 aliphatic carbocycles. The number of fused-ring (bicyclic) bond motifs is 3. The fourth-order valence-corrected chi connectivity index (χ4v) is 5.45. The first-order valence-corrected chi connectivity index (χ1v) is 12.0. The molecule has 0 spiro atoms. The minimum Gasteiger partial charge on any atom is -0.462 e. The molecule has 11 heteroatoms. The van der Waals surface area contributed by atoms with Crippen LogP contribution in [-0.4, -0.2) is 48.0 Å². The number of hydrogen-bond acceptors (Lipinski definition) is 7. The number of nitrogens with zero attached hydrogens (tertiary/aromatic N) is 2. The quantitative estimate of drug-likeness (QED) is 0.637. The van der Waals surface area contributed by atoms with Crippen LogP contribution in [-0.2, 0) is 9.47 Å². The second kappa shape index (κ2) is 8.75. The van der Waals surface area contributed by atoms with Crippen LogP contribution in [0.15, 0.2) is 15.9 Å². The summed E-state index contributed by atoms with van der Waals surface area (Å²) in [6, 6.07) is 0.631. The molecule has 1 amide bonds. The lowest BCUT2D eigenvalue weighted by Gasteiger charge is -2.33. The number of nitrogens with one attached hydrogen (secondary N) is 1. The summed E-state index contributed by atoms with van der Waals surface area (Å²) in [7, 11) is 0. The molecule has 1 saturated heterocycles. The predicted molar refractivity (Wildman–Crippen MR) is 125 cm³/mol. The van der Waals surface area contributed by atoms with Gasteiger partial charge in [-0.05, 0) is 47.1 Å². The van der Waals surface area contributed by atoms with E-state index >= 15 is 8.78 Å². The topological polar surface area (TPSA) is 89.9 Å². The van der Waals surface area contributed by atoms with E-state index in [1.54, 1.807) is 39.2 Å². The Morgan fingerprint density at radius 2 is 2.00 bits per heavy atom. The molecule has 2 aliphatic rings. The summed E-state index contributed by atoms with van der Waals surface area (Å²) in [6.45, 7) is 9.22. The van der Waals surface area contributed by atoms with Gasteiger partial charge in [0.2, 0.25) is 5.43 Å². The fourth-order valence-electron chi connectivity index (χ4n) is 4.32.